The number of rotatable bonds is 1. The van der Waals surface area contributed by atoms with Crippen LogP contribution in [0.1, 0.15) is 42.7 Å². The predicted molar refractivity (Wildman–Crippen MR) is 74.9 cm³/mol. The molecule has 1 fully saturated rings. The molecule has 1 aromatic carbocycles. The maximum absolute atomic E-state index is 11.0. The third kappa shape index (κ3) is 2.42. The molecule has 0 bridgehead atoms. The first-order valence-corrected chi connectivity index (χ1v) is 7.25. The Hall–Kier alpha value is -0.900. The fourth-order valence-corrected chi connectivity index (χ4v) is 3.69. The largest absolute Gasteiger partial charge is 0.393 e. The van der Waals surface area contributed by atoms with Crippen molar-refractivity contribution in [3.8, 4) is 0 Å². The Morgan fingerprint density at radius 2 is 1.89 bits per heavy atom. The molecule has 2 N–H and O–H groups in total. The van der Waals surface area contributed by atoms with Gasteiger partial charge in [-0.15, -0.1) is 0 Å². The molecule has 2 aliphatic rings. The number of aliphatic hydroxyl groups is 2. The number of nitrogens with zero attached hydrogens (tertiary/aromatic N) is 1. The molecule has 1 unspecified atom stereocenters. The summed E-state index contributed by atoms with van der Waals surface area (Å²) in [7, 11) is 2.12. The minimum Gasteiger partial charge on any atom is -0.393 e. The summed E-state index contributed by atoms with van der Waals surface area (Å²) in [6.45, 7) is 1.87. The topological polar surface area (TPSA) is 43.7 Å². The Morgan fingerprint density at radius 1 is 1.21 bits per heavy atom. The van der Waals surface area contributed by atoms with Gasteiger partial charge in [0.1, 0.15) is 0 Å². The van der Waals surface area contributed by atoms with Crippen LogP contribution in [0.15, 0.2) is 24.3 Å². The van der Waals surface area contributed by atoms with Gasteiger partial charge < -0.3 is 15.1 Å². The van der Waals surface area contributed by atoms with E-state index in [1.165, 1.54) is 11.1 Å². The van der Waals surface area contributed by atoms with Gasteiger partial charge in [-0.3, -0.25) is 0 Å². The number of fused-ring (bicyclic) bond motifs is 1. The summed E-state index contributed by atoms with van der Waals surface area (Å²) in [5.41, 5.74) is 1.99. The summed E-state index contributed by atoms with van der Waals surface area (Å²) in [4.78, 5) is 2.29. The average Bonchev–Trinajstić information content (AvgIpc) is 2.41. The van der Waals surface area contributed by atoms with Crippen molar-refractivity contribution >= 4 is 0 Å². The maximum atomic E-state index is 11.0. The van der Waals surface area contributed by atoms with Gasteiger partial charge in [-0.25, -0.2) is 0 Å². The van der Waals surface area contributed by atoms with Gasteiger partial charge in [0.2, 0.25) is 0 Å². The predicted octanol–water partition coefficient (Wildman–Crippen LogP) is 1.88. The minimum atomic E-state index is -0.649. The third-order valence-electron chi connectivity index (χ3n) is 4.83. The van der Waals surface area contributed by atoms with Crippen LogP contribution in [0.5, 0.6) is 0 Å². The summed E-state index contributed by atoms with van der Waals surface area (Å²) in [5.74, 6) is 0.176. The van der Waals surface area contributed by atoms with E-state index in [2.05, 4.69) is 36.2 Å². The molecule has 1 aromatic rings. The highest BCUT2D eigenvalue weighted by atomic mass is 16.3. The standard InChI is InChI=1S/C16H23NO2/c1-17-10-12-4-2-3-5-14(12)15(11-17)16(19)8-6-13(18)7-9-16/h2-5,13,15,18-19H,6-11H2,1H3. The smallest absolute Gasteiger partial charge is 0.0730 e. The molecule has 19 heavy (non-hydrogen) atoms. The van der Waals surface area contributed by atoms with Crippen molar-refractivity contribution in [3.05, 3.63) is 35.4 Å². The lowest BCUT2D eigenvalue weighted by atomic mass is 9.70. The van der Waals surface area contributed by atoms with Gasteiger partial charge in [-0.05, 0) is 43.9 Å². The number of benzene rings is 1. The van der Waals surface area contributed by atoms with Gasteiger partial charge in [-0.1, -0.05) is 24.3 Å². The van der Waals surface area contributed by atoms with Gasteiger partial charge in [0.25, 0.3) is 0 Å². The lowest BCUT2D eigenvalue weighted by Gasteiger charge is -2.45. The second-order valence-electron chi connectivity index (χ2n) is 6.28. The van der Waals surface area contributed by atoms with Crippen molar-refractivity contribution in [2.24, 2.45) is 0 Å². The normalized spacial score (nSPS) is 35.9. The first-order valence-electron chi connectivity index (χ1n) is 7.25. The van der Waals surface area contributed by atoms with Crippen molar-refractivity contribution in [2.45, 2.75) is 49.9 Å². The van der Waals surface area contributed by atoms with E-state index in [1.807, 2.05) is 0 Å². The van der Waals surface area contributed by atoms with E-state index in [4.69, 9.17) is 0 Å². The molecule has 3 nitrogen and oxygen atoms in total. The lowest BCUT2D eigenvalue weighted by Crippen LogP contribution is -2.47. The zero-order valence-corrected chi connectivity index (χ0v) is 11.5. The Morgan fingerprint density at radius 3 is 2.63 bits per heavy atom. The zero-order valence-electron chi connectivity index (χ0n) is 11.5. The first-order chi connectivity index (χ1) is 9.08. The molecular weight excluding hydrogens is 238 g/mol. The zero-order chi connectivity index (χ0) is 13.5. The van der Waals surface area contributed by atoms with E-state index < -0.39 is 5.60 Å². The van der Waals surface area contributed by atoms with Gasteiger partial charge in [0, 0.05) is 19.0 Å². The van der Waals surface area contributed by atoms with Crippen molar-refractivity contribution < 1.29 is 10.2 Å². The molecule has 0 saturated heterocycles. The van der Waals surface area contributed by atoms with Gasteiger partial charge in [-0.2, -0.15) is 0 Å². The second-order valence-corrected chi connectivity index (χ2v) is 6.28. The highest BCUT2D eigenvalue weighted by Gasteiger charge is 2.43. The molecular formula is C16H23NO2. The summed E-state index contributed by atoms with van der Waals surface area (Å²) in [6.07, 6.45) is 2.64. The molecule has 104 valence electrons. The van der Waals surface area contributed by atoms with E-state index in [-0.39, 0.29) is 12.0 Å². The number of likely N-dealkylation sites (N-methyl/N-ethyl adjacent to an activating group) is 1. The minimum absolute atomic E-state index is 0.176. The first kappa shape index (κ1) is 13.1. The summed E-state index contributed by atoms with van der Waals surface area (Å²) < 4.78 is 0. The number of hydrogen-bond acceptors (Lipinski definition) is 3. The van der Waals surface area contributed by atoms with Gasteiger partial charge in [0.15, 0.2) is 0 Å². The van der Waals surface area contributed by atoms with Crippen molar-refractivity contribution in [2.75, 3.05) is 13.6 Å². The Bertz CT molecular complexity index is 452. The fourth-order valence-electron chi connectivity index (χ4n) is 3.69. The lowest BCUT2D eigenvalue weighted by molar-refractivity contribution is -0.0596. The van der Waals surface area contributed by atoms with Crippen LogP contribution in [0, 0.1) is 0 Å². The second kappa shape index (κ2) is 4.89. The van der Waals surface area contributed by atoms with Crippen LogP contribution in [-0.4, -0.2) is 40.4 Å². The van der Waals surface area contributed by atoms with Gasteiger partial charge in [0.05, 0.1) is 11.7 Å². The molecule has 0 aromatic heterocycles. The summed E-state index contributed by atoms with van der Waals surface area (Å²) in [5, 5.41) is 20.7. The van der Waals surface area contributed by atoms with E-state index in [9.17, 15) is 10.2 Å². The molecule has 3 rings (SSSR count). The SMILES string of the molecule is CN1Cc2ccccc2C(C2(O)CCC(O)CC2)C1. The average molecular weight is 261 g/mol. The van der Waals surface area contributed by atoms with Crippen molar-refractivity contribution in [1.29, 1.82) is 0 Å². The quantitative estimate of drug-likeness (QED) is 0.811. The molecule has 1 aliphatic carbocycles. The van der Waals surface area contributed by atoms with E-state index >= 15 is 0 Å². The molecule has 1 atom stereocenters. The van der Waals surface area contributed by atoms with Crippen molar-refractivity contribution in [3.63, 3.8) is 0 Å². The summed E-state index contributed by atoms with van der Waals surface area (Å²) in [6, 6.07) is 8.47. The third-order valence-corrected chi connectivity index (χ3v) is 4.83. The molecule has 1 saturated carbocycles. The van der Waals surface area contributed by atoms with Crippen LogP contribution in [0.3, 0.4) is 0 Å². The Kier molecular flexibility index (Phi) is 3.37. The van der Waals surface area contributed by atoms with Crippen molar-refractivity contribution in [1.82, 2.24) is 4.90 Å². The Labute approximate surface area is 114 Å². The molecule has 3 heteroatoms. The van der Waals surface area contributed by atoms with Crippen LogP contribution in [0.25, 0.3) is 0 Å². The molecule has 0 amide bonds. The molecule has 1 aliphatic heterocycles. The van der Waals surface area contributed by atoms with Crippen LogP contribution in [0.2, 0.25) is 0 Å². The van der Waals surface area contributed by atoms with Crippen LogP contribution >= 0.6 is 0 Å². The monoisotopic (exact) mass is 261 g/mol. The van der Waals surface area contributed by atoms with Crippen LogP contribution in [0.4, 0.5) is 0 Å². The van der Waals surface area contributed by atoms with Crippen LogP contribution < -0.4 is 0 Å². The van der Waals surface area contributed by atoms with E-state index in [1.54, 1.807) is 0 Å². The molecule has 0 radical (unpaired) electrons. The van der Waals surface area contributed by atoms with Gasteiger partial charge >= 0.3 is 0 Å². The Balaban J connectivity index is 1.92. The van der Waals surface area contributed by atoms with E-state index in [0.717, 1.165) is 25.9 Å². The maximum Gasteiger partial charge on any atom is 0.0730 e. The molecule has 0 spiro atoms. The van der Waals surface area contributed by atoms with Crippen LogP contribution in [-0.2, 0) is 6.54 Å². The highest BCUT2D eigenvalue weighted by molar-refractivity contribution is 5.35. The highest BCUT2D eigenvalue weighted by Crippen LogP contribution is 2.43. The number of hydrogen-bond donors (Lipinski definition) is 2. The van der Waals surface area contributed by atoms with E-state index in [0.29, 0.717) is 12.8 Å². The summed E-state index contributed by atoms with van der Waals surface area (Å²) >= 11 is 0. The fraction of sp³-hybridized carbons (Fsp3) is 0.625. The number of aliphatic hydroxyl groups excluding tert-OH is 1. The molecule has 1 heterocycles.